The highest BCUT2D eigenvalue weighted by atomic mass is 35.5. The van der Waals surface area contributed by atoms with Crippen LogP contribution in [-0.4, -0.2) is 28.1 Å². The molecule has 0 spiro atoms. The Labute approximate surface area is 113 Å². The van der Waals surface area contributed by atoms with Crippen LogP contribution in [-0.2, 0) is 16.4 Å². The van der Waals surface area contributed by atoms with Crippen LogP contribution in [0.5, 0.6) is 0 Å². The molecule has 0 saturated carbocycles. The molecule has 17 heavy (non-hydrogen) atoms. The third-order valence-corrected chi connectivity index (χ3v) is 5.47. The molecule has 0 radical (unpaired) electrons. The van der Waals surface area contributed by atoms with Crippen LogP contribution in [0.1, 0.15) is 18.7 Å². The van der Waals surface area contributed by atoms with Gasteiger partial charge in [0.1, 0.15) is 4.21 Å². The predicted molar refractivity (Wildman–Crippen MR) is 74.7 cm³/mol. The molecule has 2 N–H and O–H groups in total. The molecular formula is C10H19ClN2O2S2. The van der Waals surface area contributed by atoms with Crippen molar-refractivity contribution in [1.82, 2.24) is 10.0 Å². The van der Waals surface area contributed by atoms with Crippen LogP contribution in [0.3, 0.4) is 0 Å². The topological polar surface area (TPSA) is 58.2 Å². The standard InChI is InChI=1S/C10H18N2O2S2.ClH/c1-4-9-5-6-10(15-9)16(13,14)12-7-8(2)11-3;/h5-6,8,11-12H,4,7H2,1-3H3;1H. The summed E-state index contributed by atoms with van der Waals surface area (Å²) in [5.74, 6) is 0. The third-order valence-electron chi connectivity index (χ3n) is 2.32. The van der Waals surface area contributed by atoms with Gasteiger partial charge < -0.3 is 5.32 Å². The van der Waals surface area contributed by atoms with Crippen LogP contribution >= 0.6 is 23.7 Å². The molecule has 0 amide bonds. The van der Waals surface area contributed by atoms with Crippen molar-refractivity contribution in [3.05, 3.63) is 17.0 Å². The number of nitrogens with one attached hydrogen (secondary N) is 2. The zero-order valence-corrected chi connectivity index (χ0v) is 12.6. The minimum Gasteiger partial charge on any atom is -0.316 e. The summed E-state index contributed by atoms with van der Waals surface area (Å²) in [4.78, 5) is 1.09. The highest BCUT2D eigenvalue weighted by Gasteiger charge is 2.16. The fraction of sp³-hybridized carbons (Fsp3) is 0.600. The van der Waals surface area contributed by atoms with Gasteiger partial charge in [0.15, 0.2) is 0 Å². The lowest BCUT2D eigenvalue weighted by atomic mass is 10.4. The smallest absolute Gasteiger partial charge is 0.250 e. The Balaban J connectivity index is 0.00000256. The van der Waals surface area contributed by atoms with Crippen LogP contribution in [0.25, 0.3) is 0 Å². The number of hydrogen-bond acceptors (Lipinski definition) is 4. The molecule has 1 atom stereocenters. The van der Waals surface area contributed by atoms with E-state index in [9.17, 15) is 8.42 Å². The maximum Gasteiger partial charge on any atom is 0.250 e. The second kappa shape index (κ2) is 7.33. The molecule has 1 unspecified atom stereocenters. The van der Waals surface area contributed by atoms with Crippen LogP contribution in [0.2, 0.25) is 0 Å². The first kappa shape index (κ1) is 16.9. The van der Waals surface area contributed by atoms with E-state index in [1.165, 1.54) is 11.3 Å². The first-order valence-electron chi connectivity index (χ1n) is 5.25. The Morgan fingerprint density at radius 3 is 2.53 bits per heavy atom. The minimum absolute atomic E-state index is 0. The van der Waals surface area contributed by atoms with Gasteiger partial charge in [0.25, 0.3) is 0 Å². The number of rotatable bonds is 6. The Kier molecular flexibility index (Phi) is 7.27. The quantitative estimate of drug-likeness (QED) is 0.839. The molecule has 0 aromatic carbocycles. The van der Waals surface area contributed by atoms with Gasteiger partial charge in [-0.15, -0.1) is 23.7 Å². The molecule has 7 heteroatoms. The van der Waals surface area contributed by atoms with E-state index in [-0.39, 0.29) is 18.4 Å². The van der Waals surface area contributed by atoms with E-state index in [0.717, 1.165) is 11.3 Å². The molecule has 0 fully saturated rings. The van der Waals surface area contributed by atoms with Crippen LogP contribution in [0.4, 0.5) is 0 Å². The Morgan fingerprint density at radius 2 is 2.06 bits per heavy atom. The maximum atomic E-state index is 11.9. The zero-order valence-electron chi connectivity index (χ0n) is 10.2. The normalized spacial score (nSPS) is 13.1. The van der Waals surface area contributed by atoms with Gasteiger partial charge in [-0.05, 0) is 32.5 Å². The summed E-state index contributed by atoms with van der Waals surface area (Å²) >= 11 is 1.33. The van der Waals surface area contributed by atoms with Gasteiger partial charge in [-0.3, -0.25) is 0 Å². The van der Waals surface area contributed by atoms with Crippen molar-refractivity contribution >= 4 is 33.8 Å². The van der Waals surface area contributed by atoms with Gasteiger partial charge in [0.05, 0.1) is 0 Å². The molecule has 1 rings (SSSR count). The molecule has 0 aliphatic heterocycles. The zero-order chi connectivity index (χ0) is 12.2. The summed E-state index contributed by atoms with van der Waals surface area (Å²) in [6, 6.07) is 3.65. The average molecular weight is 299 g/mol. The van der Waals surface area contributed by atoms with Crippen molar-refractivity contribution in [2.24, 2.45) is 0 Å². The average Bonchev–Trinajstić information content (AvgIpc) is 2.75. The molecule has 100 valence electrons. The van der Waals surface area contributed by atoms with Crippen LogP contribution < -0.4 is 10.0 Å². The van der Waals surface area contributed by atoms with E-state index in [2.05, 4.69) is 10.0 Å². The van der Waals surface area contributed by atoms with Gasteiger partial charge in [-0.2, -0.15) is 0 Å². The number of thiophene rings is 1. The number of aryl methyl sites for hydroxylation is 1. The Bertz CT molecular complexity index is 431. The lowest BCUT2D eigenvalue weighted by molar-refractivity contribution is 0.556. The van der Waals surface area contributed by atoms with E-state index >= 15 is 0 Å². The van der Waals surface area contributed by atoms with E-state index in [0.29, 0.717) is 10.8 Å². The van der Waals surface area contributed by atoms with E-state index in [4.69, 9.17) is 0 Å². The van der Waals surface area contributed by atoms with Gasteiger partial charge in [0.2, 0.25) is 10.0 Å². The van der Waals surface area contributed by atoms with Crippen molar-refractivity contribution in [2.75, 3.05) is 13.6 Å². The summed E-state index contributed by atoms with van der Waals surface area (Å²) in [6.45, 7) is 4.34. The second-order valence-corrected chi connectivity index (χ2v) is 6.78. The molecule has 0 bridgehead atoms. The van der Waals surface area contributed by atoms with Crippen LogP contribution in [0, 0.1) is 0 Å². The first-order valence-corrected chi connectivity index (χ1v) is 7.55. The third kappa shape index (κ3) is 4.93. The molecule has 0 aliphatic rings. The van der Waals surface area contributed by atoms with Gasteiger partial charge >= 0.3 is 0 Å². The van der Waals surface area contributed by atoms with Crippen molar-refractivity contribution in [1.29, 1.82) is 0 Å². The maximum absolute atomic E-state index is 11.9. The van der Waals surface area contributed by atoms with E-state index in [1.54, 1.807) is 13.1 Å². The Hall–Kier alpha value is -0.140. The van der Waals surface area contributed by atoms with Gasteiger partial charge in [-0.1, -0.05) is 6.92 Å². The minimum atomic E-state index is -3.33. The fourth-order valence-corrected chi connectivity index (χ4v) is 3.57. The fourth-order valence-electron chi connectivity index (χ4n) is 1.10. The number of likely N-dealkylation sites (N-methyl/N-ethyl adjacent to an activating group) is 1. The molecule has 4 nitrogen and oxygen atoms in total. The van der Waals surface area contributed by atoms with Crippen molar-refractivity contribution in [2.45, 2.75) is 30.5 Å². The van der Waals surface area contributed by atoms with Crippen molar-refractivity contribution < 1.29 is 8.42 Å². The molecule has 0 saturated heterocycles. The van der Waals surface area contributed by atoms with Crippen LogP contribution in [0.15, 0.2) is 16.3 Å². The van der Waals surface area contributed by atoms with E-state index in [1.807, 2.05) is 19.9 Å². The highest BCUT2D eigenvalue weighted by molar-refractivity contribution is 7.91. The van der Waals surface area contributed by atoms with Crippen molar-refractivity contribution in [3.8, 4) is 0 Å². The largest absolute Gasteiger partial charge is 0.316 e. The number of sulfonamides is 1. The van der Waals surface area contributed by atoms with Gasteiger partial charge in [-0.25, -0.2) is 13.1 Å². The molecule has 1 heterocycles. The number of hydrogen-bond donors (Lipinski definition) is 2. The molecule has 1 aromatic rings. The summed E-state index contributed by atoms with van der Waals surface area (Å²) in [6.07, 6.45) is 0.868. The van der Waals surface area contributed by atoms with E-state index < -0.39 is 10.0 Å². The molecule has 0 aliphatic carbocycles. The highest BCUT2D eigenvalue weighted by Crippen LogP contribution is 2.21. The van der Waals surface area contributed by atoms with Crippen molar-refractivity contribution in [3.63, 3.8) is 0 Å². The van der Waals surface area contributed by atoms with Gasteiger partial charge in [0, 0.05) is 17.5 Å². The SMILES string of the molecule is CCc1ccc(S(=O)(=O)NCC(C)NC)s1.Cl. The second-order valence-electron chi connectivity index (χ2n) is 3.62. The molecular weight excluding hydrogens is 280 g/mol. The lowest BCUT2D eigenvalue weighted by Crippen LogP contribution is -2.36. The number of halogens is 1. The monoisotopic (exact) mass is 298 g/mol. The Morgan fingerprint density at radius 1 is 1.41 bits per heavy atom. The predicted octanol–water partition coefficient (Wildman–Crippen LogP) is 1.62. The summed E-state index contributed by atoms with van der Waals surface area (Å²) in [5.41, 5.74) is 0. The molecule has 1 aromatic heterocycles. The first-order chi connectivity index (χ1) is 7.49. The summed E-state index contributed by atoms with van der Waals surface area (Å²) < 4.78 is 26.7. The lowest BCUT2D eigenvalue weighted by Gasteiger charge is -2.10. The summed E-state index contributed by atoms with van der Waals surface area (Å²) in [7, 11) is -1.52. The summed E-state index contributed by atoms with van der Waals surface area (Å²) in [5, 5.41) is 2.98.